The summed E-state index contributed by atoms with van der Waals surface area (Å²) in [5, 5.41) is 2.14. The molecule has 0 fully saturated rings. The lowest BCUT2D eigenvalue weighted by molar-refractivity contribution is 1.31. The number of hydrogen-bond acceptors (Lipinski definition) is 3. The molecule has 0 radical (unpaired) electrons. The molecule has 0 amide bonds. The summed E-state index contributed by atoms with van der Waals surface area (Å²) in [4.78, 5) is 7.46. The highest BCUT2D eigenvalue weighted by Gasteiger charge is 2.04. The number of para-hydroxylation sites is 1. The van der Waals surface area contributed by atoms with E-state index < -0.39 is 0 Å². The Bertz CT molecular complexity index is 521. The maximum absolute atomic E-state index is 4.16. The zero-order valence-electron chi connectivity index (χ0n) is 7.27. The molecule has 1 aromatic carbocycles. The van der Waals surface area contributed by atoms with Crippen LogP contribution >= 0.6 is 11.5 Å². The first-order chi connectivity index (χ1) is 6.93. The van der Waals surface area contributed by atoms with E-state index in [-0.39, 0.29) is 0 Å². The van der Waals surface area contributed by atoms with Gasteiger partial charge in [-0.1, -0.05) is 18.2 Å². The molecule has 0 aliphatic rings. The second-order valence-corrected chi connectivity index (χ2v) is 3.80. The van der Waals surface area contributed by atoms with Gasteiger partial charge in [-0.05, 0) is 23.7 Å². The minimum absolute atomic E-state index is 0.932. The molecule has 0 spiro atoms. The Labute approximate surface area is 84.6 Å². The lowest BCUT2D eigenvalue weighted by atomic mass is 10.2. The van der Waals surface area contributed by atoms with Gasteiger partial charge in [0, 0.05) is 10.9 Å². The van der Waals surface area contributed by atoms with Gasteiger partial charge in [0.2, 0.25) is 0 Å². The largest absolute Gasteiger partial charge is 0.353 e. The number of benzene rings is 1. The second kappa shape index (κ2) is 2.92. The normalized spacial score (nSPS) is 10.9. The van der Waals surface area contributed by atoms with Crippen LogP contribution in [0.5, 0.6) is 0 Å². The molecule has 0 bridgehead atoms. The summed E-state index contributed by atoms with van der Waals surface area (Å²) < 4.78 is 3.98. The lowest BCUT2D eigenvalue weighted by Gasteiger charge is -1.85. The molecule has 4 heteroatoms. The van der Waals surface area contributed by atoms with Crippen molar-refractivity contribution in [3.8, 4) is 10.7 Å². The van der Waals surface area contributed by atoms with Gasteiger partial charge >= 0.3 is 0 Å². The van der Waals surface area contributed by atoms with E-state index in [1.54, 1.807) is 6.33 Å². The second-order valence-electron chi connectivity index (χ2n) is 3.02. The number of aromatic nitrogens is 3. The summed E-state index contributed by atoms with van der Waals surface area (Å²) in [6, 6.07) is 10.3. The molecule has 0 unspecified atom stereocenters. The summed E-state index contributed by atoms with van der Waals surface area (Å²) in [5.74, 6) is 0. The Morgan fingerprint density at radius 2 is 2.14 bits per heavy atom. The monoisotopic (exact) mass is 201 g/mol. The predicted octanol–water partition coefficient (Wildman–Crippen LogP) is 2.69. The van der Waals surface area contributed by atoms with Crippen LogP contribution in [0.2, 0.25) is 0 Å². The Morgan fingerprint density at radius 3 is 2.93 bits per heavy atom. The van der Waals surface area contributed by atoms with Crippen molar-refractivity contribution >= 4 is 22.4 Å². The van der Waals surface area contributed by atoms with Crippen molar-refractivity contribution < 1.29 is 0 Å². The van der Waals surface area contributed by atoms with E-state index in [1.807, 2.05) is 12.1 Å². The van der Waals surface area contributed by atoms with Gasteiger partial charge < -0.3 is 4.98 Å². The highest BCUT2D eigenvalue weighted by molar-refractivity contribution is 7.09. The molecule has 0 aliphatic carbocycles. The number of hydrogen-bond donors (Lipinski definition) is 1. The number of nitrogens with zero attached hydrogens (tertiary/aromatic N) is 2. The van der Waals surface area contributed by atoms with Crippen LogP contribution in [0.3, 0.4) is 0 Å². The molecular formula is C10H7N3S. The third-order valence-corrected chi connectivity index (χ3v) is 2.82. The number of nitrogens with one attached hydrogen (secondary N) is 1. The van der Waals surface area contributed by atoms with Crippen LogP contribution in [0, 0.1) is 0 Å². The number of fused-ring (bicyclic) bond motifs is 1. The van der Waals surface area contributed by atoms with Gasteiger partial charge in [0.25, 0.3) is 0 Å². The molecule has 3 aromatic rings. The average molecular weight is 201 g/mol. The van der Waals surface area contributed by atoms with Gasteiger partial charge in [-0.15, -0.1) is 0 Å². The van der Waals surface area contributed by atoms with Crippen molar-refractivity contribution in [1.82, 2.24) is 14.3 Å². The standard InChI is InChI=1S/C10H7N3S/c1-2-4-8-7(3-1)5-9(13-8)10-11-6-12-14-10/h1-6,13H. The van der Waals surface area contributed by atoms with Crippen molar-refractivity contribution in [3.05, 3.63) is 36.7 Å². The minimum atomic E-state index is 0.932. The summed E-state index contributed by atoms with van der Waals surface area (Å²) in [5.41, 5.74) is 2.17. The van der Waals surface area contributed by atoms with Crippen molar-refractivity contribution in [3.63, 3.8) is 0 Å². The SMILES string of the molecule is c1ccc2[nH]c(-c3ncns3)cc2c1. The van der Waals surface area contributed by atoms with Crippen molar-refractivity contribution in [2.75, 3.05) is 0 Å². The van der Waals surface area contributed by atoms with Crippen molar-refractivity contribution in [2.45, 2.75) is 0 Å². The highest BCUT2D eigenvalue weighted by atomic mass is 32.1. The molecule has 3 rings (SSSR count). The number of aromatic amines is 1. The molecule has 2 aromatic heterocycles. The van der Waals surface area contributed by atoms with Gasteiger partial charge in [-0.2, -0.15) is 4.37 Å². The van der Waals surface area contributed by atoms with E-state index in [0.29, 0.717) is 0 Å². The Balaban J connectivity index is 2.24. The molecular weight excluding hydrogens is 194 g/mol. The molecule has 0 saturated heterocycles. The first-order valence-electron chi connectivity index (χ1n) is 4.28. The molecule has 68 valence electrons. The zero-order valence-corrected chi connectivity index (χ0v) is 8.08. The van der Waals surface area contributed by atoms with Gasteiger partial charge in [0.05, 0.1) is 5.69 Å². The molecule has 1 N–H and O–H groups in total. The molecule has 0 saturated carbocycles. The number of rotatable bonds is 1. The van der Waals surface area contributed by atoms with Gasteiger partial charge in [-0.3, -0.25) is 0 Å². The summed E-state index contributed by atoms with van der Waals surface area (Å²) in [6.07, 6.45) is 1.57. The molecule has 0 atom stereocenters. The van der Waals surface area contributed by atoms with Crippen molar-refractivity contribution in [2.24, 2.45) is 0 Å². The fourth-order valence-electron chi connectivity index (χ4n) is 1.48. The topological polar surface area (TPSA) is 41.6 Å². The molecule has 3 nitrogen and oxygen atoms in total. The zero-order chi connectivity index (χ0) is 9.38. The fourth-order valence-corrected chi connectivity index (χ4v) is 1.98. The molecule has 14 heavy (non-hydrogen) atoms. The van der Waals surface area contributed by atoms with Crippen LogP contribution in [-0.2, 0) is 0 Å². The first-order valence-corrected chi connectivity index (χ1v) is 5.05. The van der Waals surface area contributed by atoms with Gasteiger partial charge in [-0.25, -0.2) is 4.98 Å². The minimum Gasteiger partial charge on any atom is -0.353 e. The van der Waals surface area contributed by atoms with E-state index >= 15 is 0 Å². The Morgan fingerprint density at radius 1 is 1.21 bits per heavy atom. The smallest absolute Gasteiger partial charge is 0.159 e. The molecule has 2 heterocycles. The maximum Gasteiger partial charge on any atom is 0.159 e. The van der Waals surface area contributed by atoms with Crippen LogP contribution in [0.1, 0.15) is 0 Å². The Hall–Kier alpha value is -1.68. The maximum atomic E-state index is 4.16. The summed E-state index contributed by atoms with van der Waals surface area (Å²) in [7, 11) is 0. The first kappa shape index (κ1) is 7.70. The van der Waals surface area contributed by atoms with Crippen molar-refractivity contribution in [1.29, 1.82) is 0 Å². The summed E-state index contributed by atoms with van der Waals surface area (Å²) >= 11 is 1.40. The molecule has 0 aliphatic heterocycles. The Kier molecular flexibility index (Phi) is 1.61. The van der Waals surface area contributed by atoms with Gasteiger partial charge in [0.15, 0.2) is 5.01 Å². The average Bonchev–Trinajstić information content (AvgIpc) is 2.86. The van der Waals surface area contributed by atoms with Crippen LogP contribution < -0.4 is 0 Å². The highest BCUT2D eigenvalue weighted by Crippen LogP contribution is 2.23. The van der Waals surface area contributed by atoms with Crippen LogP contribution in [0.15, 0.2) is 36.7 Å². The van der Waals surface area contributed by atoms with E-state index in [9.17, 15) is 0 Å². The third-order valence-electron chi connectivity index (χ3n) is 2.12. The van der Waals surface area contributed by atoms with Gasteiger partial charge in [0.1, 0.15) is 6.33 Å². The van der Waals surface area contributed by atoms with E-state index in [1.165, 1.54) is 16.9 Å². The van der Waals surface area contributed by atoms with Crippen LogP contribution in [0.4, 0.5) is 0 Å². The fraction of sp³-hybridized carbons (Fsp3) is 0. The van der Waals surface area contributed by atoms with E-state index in [4.69, 9.17) is 0 Å². The number of H-pyrrole nitrogens is 1. The summed E-state index contributed by atoms with van der Waals surface area (Å²) in [6.45, 7) is 0. The van der Waals surface area contributed by atoms with Crippen LogP contribution in [-0.4, -0.2) is 14.3 Å². The van der Waals surface area contributed by atoms with E-state index in [2.05, 4.69) is 32.5 Å². The van der Waals surface area contributed by atoms with Crippen LogP contribution in [0.25, 0.3) is 21.6 Å². The quantitative estimate of drug-likeness (QED) is 0.657. The van der Waals surface area contributed by atoms with E-state index in [0.717, 1.165) is 16.2 Å². The third kappa shape index (κ3) is 1.12. The predicted molar refractivity (Wildman–Crippen MR) is 57.2 cm³/mol. The lowest BCUT2D eigenvalue weighted by Crippen LogP contribution is -1.72.